The summed E-state index contributed by atoms with van der Waals surface area (Å²) in [7, 11) is 0. The average Bonchev–Trinajstić information content (AvgIpc) is 3.56. The number of carbonyl (C=O) groups excluding carboxylic acids is 1. The molecule has 7 heteroatoms. The van der Waals surface area contributed by atoms with Gasteiger partial charge in [0, 0.05) is 16.8 Å². The van der Waals surface area contributed by atoms with E-state index in [-0.39, 0.29) is 11.3 Å². The lowest BCUT2D eigenvalue weighted by Crippen LogP contribution is -2.10. The first-order valence-electron chi connectivity index (χ1n) is 10.3. The minimum absolute atomic E-state index is 0.108. The van der Waals surface area contributed by atoms with E-state index in [1.807, 2.05) is 6.07 Å². The molecule has 1 fully saturated rings. The van der Waals surface area contributed by atoms with Gasteiger partial charge in [-0.15, -0.1) is 0 Å². The average molecular weight is 458 g/mol. The standard InChI is InChI=1S/C25H22ClF2NO3/c26-21-3-1-2-19(14-21)22-13-18(15-29-23(22)32-24(27)28)12-17-4-6-20(7-5-17)25(8-9-25)10-11-31-16-30/h1-7,13-16,24H,8-12H2. The molecule has 4 nitrogen and oxygen atoms in total. The van der Waals surface area contributed by atoms with E-state index in [1.54, 1.807) is 30.5 Å². The van der Waals surface area contributed by atoms with Gasteiger partial charge in [-0.2, -0.15) is 8.78 Å². The van der Waals surface area contributed by atoms with Crippen LogP contribution in [0.25, 0.3) is 11.1 Å². The Balaban J connectivity index is 1.54. The highest BCUT2D eigenvalue weighted by molar-refractivity contribution is 6.30. The summed E-state index contributed by atoms with van der Waals surface area (Å²) in [6.45, 7) is -2.05. The predicted molar refractivity (Wildman–Crippen MR) is 118 cm³/mol. The molecule has 0 amide bonds. The van der Waals surface area contributed by atoms with Crippen LogP contribution in [0.15, 0.2) is 60.8 Å². The highest BCUT2D eigenvalue weighted by Crippen LogP contribution is 2.51. The zero-order valence-electron chi connectivity index (χ0n) is 17.3. The molecule has 3 aromatic rings. The van der Waals surface area contributed by atoms with Gasteiger partial charge in [-0.05, 0) is 71.6 Å². The summed E-state index contributed by atoms with van der Waals surface area (Å²) in [5.41, 5.74) is 4.43. The molecule has 1 aliphatic rings. The van der Waals surface area contributed by atoms with Crippen molar-refractivity contribution in [2.45, 2.75) is 37.7 Å². The number of rotatable bonds is 10. The minimum atomic E-state index is -2.97. The normalized spacial score (nSPS) is 14.2. The molecule has 1 heterocycles. The summed E-state index contributed by atoms with van der Waals surface area (Å²) in [6.07, 6.45) is 5.15. The number of ether oxygens (including phenoxy) is 2. The molecule has 0 radical (unpaired) electrons. The molecule has 32 heavy (non-hydrogen) atoms. The van der Waals surface area contributed by atoms with Crippen LogP contribution in [-0.2, 0) is 21.4 Å². The Bertz CT molecular complexity index is 1080. The number of alkyl halides is 2. The molecule has 2 aromatic carbocycles. The molecule has 0 saturated heterocycles. The third-order valence-corrected chi connectivity index (χ3v) is 6.07. The van der Waals surface area contributed by atoms with Gasteiger partial charge in [0.15, 0.2) is 0 Å². The molecule has 0 aliphatic heterocycles. The third kappa shape index (κ3) is 5.25. The van der Waals surface area contributed by atoms with Crippen LogP contribution in [0.1, 0.15) is 36.0 Å². The second-order valence-electron chi connectivity index (χ2n) is 7.96. The fraction of sp³-hybridized carbons (Fsp3) is 0.280. The second kappa shape index (κ2) is 9.65. The largest absolute Gasteiger partial charge is 0.468 e. The maximum absolute atomic E-state index is 12.9. The number of pyridine rings is 1. The molecule has 4 rings (SSSR count). The maximum Gasteiger partial charge on any atom is 0.388 e. The number of benzene rings is 2. The van der Waals surface area contributed by atoms with E-state index in [0.717, 1.165) is 30.4 Å². The molecule has 0 atom stereocenters. The monoisotopic (exact) mass is 457 g/mol. The molecule has 0 unspecified atom stereocenters. The Kier molecular flexibility index (Phi) is 6.70. The van der Waals surface area contributed by atoms with Crippen LogP contribution in [0.4, 0.5) is 8.78 Å². The second-order valence-corrected chi connectivity index (χ2v) is 8.39. The van der Waals surface area contributed by atoms with Crippen LogP contribution in [0, 0.1) is 0 Å². The van der Waals surface area contributed by atoms with Gasteiger partial charge < -0.3 is 9.47 Å². The van der Waals surface area contributed by atoms with Crippen LogP contribution >= 0.6 is 11.6 Å². The van der Waals surface area contributed by atoms with E-state index in [4.69, 9.17) is 16.3 Å². The summed E-state index contributed by atoms with van der Waals surface area (Å²) in [4.78, 5) is 14.5. The van der Waals surface area contributed by atoms with Crippen molar-refractivity contribution in [3.8, 4) is 17.0 Å². The molecule has 1 aromatic heterocycles. The van der Waals surface area contributed by atoms with Gasteiger partial charge in [-0.3, -0.25) is 4.79 Å². The molecule has 0 bridgehead atoms. The fourth-order valence-electron chi connectivity index (χ4n) is 3.98. The van der Waals surface area contributed by atoms with Gasteiger partial charge in [-0.25, -0.2) is 4.98 Å². The van der Waals surface area contributed by atoms with Crippen molar-refractivity contribution >= 4 is 18.1 Å². The first-order chi connectivity index (χ1) is 15.5. The number of aromatic nitrogens is 1. The van der Waals surface area contributed by atoms with Crippen molar-refractivity contribution in [1.82, 2.24) is 4.98 Å². The number of halogens is 3. The summed E-state index contributed by atoms with van der Waals surface area (Å²) in [5, 5.41) is 0.499. The highest BCUT2D eigenvalue weighted by atomic mass is 35.5. The first kappa shape index (κ1) is 22.2. The lowest BCUT2D eigenvalue weighted by atomic mass is 9.91. The van der Waals surface area contributed by atoms with Crippen LogP contribution in [0.3, 0.4) is 0 Å². The molecule has 0 spiro atoms. The fourth-order valence-corrected chi connectivity index (χ4v) is 4.17. The molecule has 0 N–H and O–H groups in total. The quantitative estimate of drug-likeness (QED) is 0.269. The molecule has 1 saturated carbocycles. The summed E-state index contributed by atoms with van der Waals surface area (Å²) < 4.78 is 35.2. The van der Waals surface area contributed by atoms with Crippen LogP contribution < -0.4 is 4.74 Å². The van der Waals surface area contributed by atoms with Crippen molar-refractivity contribution in [3.05, 3.63) is 82.5 Å². The van der Waals surface area contributed by atoms with E-state index in [2.05, 4.69) is 34.0 Å². The van der Waals surface area contributed by atoms with Gasteiger partial charge in [0.05, 0.1) is 6.61 Å². The SMILES string of the molecule is O=COCCC1(c2ccc(Cc3cnc(OC(F)F)c(-c4cccc(Cl)c4)c3)cc2)CC1. The van der Waals surface area contributed by atoms with Gasteiger partial charge in [0.25, 0.3) is 6.47 Å². The van der Waals surface area contributed by atoms with Crippen molar-refractivity contribution in [2.75, 3.05) is 6.61 Å². The highest BCUT2D eigenvalue weighted by Gasteiger charge is 2.43. The van der Waals surface area contributed by atoms with Crippen molar-refractivity contribution in [1.29, 1.82) is 0 Å². The van der Waals surface area contributed by atoms with E-state index in [1.165, 1.54) is 5.56 Å². The summed E-state index contributed by atoms with van der Waals surface area (Å²) >= 11 is 6.08. The molecular weight excluding hydrogens is 436 g/mol. The van der Waals surface area contributed by atoms with Crippen molar-refractivity contribution in [2.24, 2.45) is 0 Å². The Morgan fingerprint density at radius 2 is 1.88 bits per heavy atom. The Morgan fingerprint density at radius 1 is 1.09 bits per heavy atom. The Morgan fingerprint density at radius 3 is 2.53 bits per heavy atom. The van der Waals surface area contributed by atoms with Gasteiger partial charge in [0.1, 0.15) is 0 Å². The van der Waals surface area contributed by atoms with Crippen molar-refractivity contribution in [3.63, 3.8) is 0 Å². The zero-order valence-corrected chi connectivity index (χ0v) is 18.0. The topological polar surface area (TPSA) is 48.4 Å². The lowest BCUT2D eigenvalue weighted by Gasteiger charge is -2.16. The minimum Gasteiger partial charge on any atom is -0.468 e. The van der Waals surface area contributed by atoms with Gasteiger partial charge in [0.2, 0.25) is 5.88 Å². The number of hydrogen-bond donors (Lipinski definition) is 0. The number of hydrogen-bond acceptors (Lipinski definition) is 4. The first-order valence-corrected chi connectivity index (χ1v) is 10.7. The number of nitrogens with zero attached hydrogens (tertiary/aromatic N) is 1. The van der Waals surface area contributed by atoms with Crippen LogP contribution in [0.5, 0.6) is 5.88 Å². The maximum atomic E-state index is 12.9. The smallest absolute Gasteiger partial charge is 0.388 e. The van der Waals surface area contributed by atoms with E-state index < -0.39 is 6.61 Å². The molecule has 166 valence electrons. The summed E-state index contributed by atoms with van der Waals surface area (Å²) in [6, 6.07) is 17.1. The molecular formula is C25H22ClF2NO3. The van der Waals surface area contributed by atoms with Crippen molar-refractivity contribution < 1.29 is 23.0 Å². The third-order valence-electron chi connectivity index (χ3n) is 5.84. The summed E-state index contributed by atoms with van der Waals surface area (Å²) in [5.74, 6) is -0.130. The Labute approximate surface area is 190 Å². The Hall–Kier alpha value is -2.99. The van der Waals surface area contributed by atoms with E-state index >= 15 is 0 Å². The van der Waals surface area contributed by atoms with Gasteiger partial charge in [-0.1, -0.05) is 48.0 Å². The zero-order chi connectivity index (χ0) is 22.6. The van der Waals surface area contributed by atoms with E-state index in [0.29, 0.717) is 35.6 Å². The predicted octanol–water partition coefficient (Wildman–Crippen LogP) is 6.19. The molecule has 1 aliphatic carbocycles. The number of carbonyl (C=O) groups is 1. The van der Waals surface area contributed by atoms with Gasteiger partial charge >= 0.3 is 6.61 Å². The van der Waals surface area contributed by atoms with Crippen LogP contribution in [-0.4, -0.2) is 24.7 Å². The lowest BCUT2D eigenvalue weighted by molar-refractivity contribution is -0.128. The van der Waals surface area contributed by atoms with E-state index in [9.17, 15) is 13.6 Å². The van der Waals surface area contributed by atoms with Crippen LogP contribution in [0.2, 0.25) is 5.02 Å².